The van der Waals surface area contributed by atoms with Gasteiger partial charge in [-0.1, -0.05) is 29.8 Å². The van der Waals surface area contributed by atoms with Crippen LogP contribution in [0.15, 0.2) is 66.5 Å². The maximum absolute atomic E-state index is 12.6. The average molecular weight is 423 g/mol. The molecule has 0 radical (unpaired) electrons. The Morgan fingerprint density at radius 3 is 2.67 bits per heavy atom. The Kier molecular flexibility index (Phi) is 7.16. The second-order valence-corrected chi connectivity index (χ2v) is 7.41. The van der Waals surface area contributed by atoms with Crippen LogP contribution in [0.1, 0.15) is 28.8 Å². The number of halogens is 1. The van der Waals surface area contributed by atoms with Gasteiger partial charge in [0.25, 0.3) is 0 Å². The highest BCUT2D eigenvalue weighted by Gasteiger charge is 2.19. The summed E-state index contributed by atoms with van der Waals surface area (Å²) in [5, 5.41) is 10.3. The molecule has 5 nitrogen and oxygen atoms in total. The Labute approximate surface area is 181 Å². The summed E-state index contributed by atoms with van der Waals surface area (Å²) in [7, 11) is 3.10. The zero-order valence-electron chi connectivity index (χ0n) is 17.0. The highest BCUT2D eigenvalue weighted by molar-refractivity contribution is 6.30. The molecule has 1 heterocycles. The molecule has 0 amide bonds. The second kappa shape index (κ2) is 10.00. The lowest BCUT2D eigenvalue weighted by molar-refractivity contribution is 0.0977. The molecule has 3 rings (SSSR count). The second-order valence-electron chi connectivity index (χ2n) is 6.98. The monoisotopic (exact) mass is 422 g/mol. The summed E-state index contributed by atoms with van der Waals surface area (Å²) in [5.41, 5.74) is 2.26. The molecule has 1 aliphatic heterocycles. The van der Waals surface area contributed by atoms with Gasteiger partial charge < -0.3 is 14.4 Å². The van der Waals surface area contributed by atoms with Gasteiger partial charge in [-0.2, -0.15) is 5.26 Å². The molecule has 1 atom stereocenters. The van der Waals surface area contributed by atoms with E-state index in [9.17, 15) is 10.1 Å². The number of carbonyl (C=O) groups excluding carboxylic acids is 1. The van der Waals surface area contributed by atoms with Crippen molar-refractivity contribution in [1.29, 1.82) is 5.26 Å². The van der Waals surface area contributed by atoms with Crippen molar-refractivity contribution >= 4 is 17.4 Å². The largest absolute Gasteiger partial charge is 0.493 e. The summed E-state index contributed by atoms with van der Waals surface area (Å²) in [4.78, 5) is 14.6. The van der Waals surface area contributed by atoms with Crippen molar-refractivity contribution in [1.82, 2.24) is 4.90 Å². The molecule has 0 spiro atoms. The molecule has 0 saturated carbocycles. The molecule has 154 valence electrons. The van der Waals surface area contributed by atoms with Crippen LogP contribution in [0.4, 0.5) is 0 Å². The topological polar surface area (TPSA) is 62.6 Å². The number of benzene rings is 2. The molecule has 0 bridgehead atoms. The molecule has 0 aromatic heterocycles. The maximum atomic E-state index is 12.6. The molecule has 2 aromatic rings. The SMILES string of the molecule is COc1ccc(C(=O)CCC2C=CN(Cc3cccc(Cl)c3)C=C2C#N)cc1OC. The fourth-order valence-electron chi connectivity index (χ4n) is 3.38. The highest BCUT2D eigenvalue weighted by Crippen LogP contribution is 2.29. The maximum Gasteiger partial charge on any atom is 0.163 e. The van der Waals surface area contributed by atoms with Crippen LogP contribution in [0, 0.1) is 17.2 Å². The highest BCUT2D eigenvalue weighted by atomic mass is 35.5. The van der Waals surface area contributed by atoms with Crippen LogP contribution in [0.3, 0.4) is 0 Å². The van der Waals surface area contributed by atoms with Crippen LogP contribution < -0.4 is 9.47 Å². The summed E-state index contributed by atoms with van der Waals surface area (Å²) < 4.78 is 10.5. The van der Waals surface area contributed by atoms with Crippen molar-refractivity contribution in [3.8, 4) is 17.6 Å². The number of methoxy groups -OCH3 is 2. The van der Waals surface area contributed by atoms with Crippen molar-refractivity contribution in [2.75, 3.05) is 14.2 Å². The van der Waals surface area contributed by atoms with E-state index in [0.717, 1.165) is 5.56 Å². The van der Waals surface area contributed by atoms with Crippen LogP contribution in [-0.4, -0.2) is 24.9 Å². The van der Waals surface area contributed by atoms with Crippen molar-refractivity contribution in [3.63, 3.8) is 0 Å². The first-order valence-electron chi connectivity index (χ1n) is 9.59. The third-order valence-electron chi connectivity index (χ3n) is 4.99. The van der Waals surface area contributed by atoms with Crippen LogP contribution in [0.5, 0.6) is 11.5 Å². The molecular weight excluding hydrogens is 400 g/mol. The number of Topliss-reactive ketones (excluding diaryl/α,β-unsaturated/α-hetero) is 1. The Morgan fingerprint density at radius 1 is 1.17 bits per heavy atom. The molecular formula is C24H23ClN2O3. The average Bonchev–Trinajstić information content (AvgIpc) is 2.77. The van der Waals surface area contributed by atoms with Gasteiger partial charge in [-0.05, 0) is 42.3 Å². The summed E-state index contributed by atoms with van der Waals surface area (Å²) in [6.45, 7) is 0.625. The van der Waals surface area contributed by atoms with Crippen LogP contribution in [-0.2, 0) is 6.54 Å². The van der Waals surface area contributed by atoms with Gasteiger partial charge in [0.15, 0.2) is 17.3 Å². The van der Waals surface area contributed by atoms with Gasteiger partial charge in [-0.15, -0.1) is 0 Å². The number of allylic oxidation sites excluding steroid dienone is 2. The summed E-state index contributed by atoms with van der Waals surface area (Å²) >= 11 is 6.05. The molecule has 0 aliphatic carbocycles. The molecule has 1 unspecified atom stereocenters. The lowest BCUT2D eigenvalue weighted by Gasteiger charge is -2.24. The van der Waals surface area contributed by atoms with Gasteiger partial charge in [0.1, 0.15) is 0 Å². The first kappa shape index (κ1) is 21.5. The van der Waals surface area contributed by atoms with E-state index in [4.69, 9.17) is 21.1 Å². The molecule has 0 N–H and O–H groups in total. The Bertz CT molecular complexity index is 1020. The zero-order valence-corrected chi connectivity index (χ0v) is 17.7. The summed E-state index contributed by atoms with van der Waals surface area (Å²) in [5.74, 6) is 1.02. The van der Waals surface area contributed by atoms with Crippen molar-refractivity contribution in [2.45, 2.75) is 19.4 Å². The smallest absolute Gasteiger partial charge is 0.163 e. The molecule has 1 aliphatic rings. The van der Waals surface area contributed by atoms with E-state index >= 15 is 0 Å². The van der Waals surface area contributed by atoms with Crippen LogP contribution >= 0.6 is 11.6 Å². The molecule has 0 fully saturated rings. The van der Waals surface area contributed by atoms with Crippen LogP contribution in [0.2, 0.25) is 5.02 Å². The minimum Gasteiger partial charge on any atom is -0.493 e. The van der Waals surface area contributed by atoms with E-state index in [0.29, 0.717) is 47.0 Å². The van der Waals surface area contributed by atoms with Crippen molar-refractivity contribution < 1.29 is 14.3 Å². The number of ketones is 1. The molecule has 30 heavy (non-hydrogen) atoms. The van der Waals surface area contributed by atoms with E-state index in [1.807, 2.05) is 47.6 Å². The Hall–Kier alpha value is -3.23. The summed E-state index contributed by atoms with van der Waals surface area (Å²) in [6.07, 6.45) is 6.66. The van der Waals surface area contributed by atoms with Crippen molar-refractivity contribution in [3.05, 3.63) is 82.7 Å². The van der Waals surface area contributed by atoms with Crippen LogP contribution in [0.25, 0.3) is 0 Å². The lowest BCUT2D eigenvalue weighted by atomic mass is 9.91. The minimum atomic E-state index is -0.0882. The van der Waals surface area contributed by atoms with E-state index < -0.39 is 0 Å². The molecule has 2 aromatic carbocycles. The molecule has 6 heteroatoms. The fraction of sp³-hybridized carbons (Fsp3) is 0.250. The predicted octanol–water partition coefficient (Wildman–Crippen LogP) is 5.37. The fourth-order valence-corrected chi connectivity index (χ4v) is 3.60. The standard InChI is InChI=1S/C24H23ClN2O3/c1-29-23-9-7-19(13-24(23)30-2)22(28)8-6-18-10-11-27(16-20(18)14-26)15-17-4-3-5-21(25)12-17/h3-5,7,9-13,16,18H,6,8,15H2,1-2H3. The number of hydrogen-bond donors (Lipinski definition) is 0. The number of carbonyl (C=O) groups is 1. The van der Waals surface area contributed by atoms with E-state index in [1.165, 1.54) is 7.11 Å². The zero-order chi connectivity index (χ0) is 21.5. The normalized spacial score (nSPS) is 15.3. The van der Waals surface area contributed by atoms with Gasteiger partial charge in [0.2, 0.25) is 0 Å². The third kappa shape index (κ3) is 5.22. The Balaban J connectivity index is 1.63. The lowest BCUT2D eigenvalue weighted by Crippen LogP contribution is -2.18. The van der Waals surface area contributed by atoms with E-state index in [1.54, 1.807) is 25.3 Å². The van der Waals surface area contributed by atoms with E-state index in [-0.39, 0.29) is 11.7 Å². The molecule has 0 saturated heterocycles. The number of hydrogen-bond acceptors (Lipinski definition) is 5. The first-order valence-corrected chi connectivity index (χ1v) is 9.97. The number of ether oxygens (including phenoxy) is 2. The van der Waals surface area contributed by atoms with Gasteiger partial charge in [-0.25, -0.2) is 0 Å². The third-order valence-corrected chi connectivity index (χ3v) is 5.22. The number of nitriles is 1. The quantitative estimate of drug-likeness (QED) is 0.535. The Morgan fingerprint density at radius 2 is 1.97 bits per heavy atom. The number of rotatable bonds is 8. The predicted molar refractivity (Wildman–Crippen MR) is 116 cm³/mol. The van der Waals surface area contributed by atoms with Gasteiger partial charge in [0, 0.05) is 41.9 Å². The van der Waals surface area contributed by atoms with Gasteiger partial charge >= 0.3 is 0 Å². The van der Waals surface area contributed by atoms with E-state index in [2.05, 4.69) is 6.07 Å². The van der Waals surface area contributed by atoms with Gasteiger partial charge in [-0.3, -0.25) is 4.79 Å². The minimum absolute atomic E-state index is 0.00278. The first-order chi connectivity index (χ1) is 14.5. The summed E-state index contributed by atoms with van der Waals surface area (Å²) in [6, 6.07) is 15.0. The number of nitrogens with zero attached hydrogens (tertiary/aromatic N) is 2. The van der Waals surface area contributed by atoms with Crippen molar-refractivity contribution in [2.24, 2.45) is 5.92 Å². The van der Waals surface area contributed by atoms with Gasteiger partial charge in [0.05, 0.1) is 25.9 Å².